The first-order valence-electron chi connectivity index (χ1n) is 6.53. The summed E-state index contributed by atoms with van der Waals surface area (Å²) < 4.78 is 5.21. The van der Waals surface area contributed by atoms with Crippen molar-refractivity contribution in [3.8, 4) is 0 Å². The predicted octanol–water partition coefficient (Wildman–Crippen LogP) is 1.86. The van der Waals surface area contributed by atoms with E-state index in [-0.39, 0.29) is 0 Å². The molecule has 0 radical (unpaired) electrons. The van der Waals surface area contributed by atoms with Gasteiger partial charge in [0.25, 0.3) is 0 Å². The molecule has 1 fully saturated rings. The van der Waals surface area contributed by atoms with Gasteiger partial charge in [-0.25, -0.2) is 0 Å². The molecule has 2 N–H and O–H groups in total. The third-order valence-corrected chi connectivity index (χ3v) is 4.09. The Morgan fingerprint density at radius 1 is 1.31 bits per heavy atom. The number of rotatable bonds is 6. The molecular weight excluding hydrogens is 200 g/mol. The number of nitrogens with two attached hydrogens (primary N) is 1. The van der Waals surface area contributed by atoms with Gasteiger partial charge in [0.2, 0.25) is 0 Å². The van der Waals surface area contributed by atoms with Gasteiger partial charge in [0.05, 0.1) is 6.61 Å². The van der Waals surface area contributed by atoms with E-state index in [0.717, 1.165) is 19.7 Å². The fourth-order valence-corrected chi connectivity index (χ4v) is 2.78. The van der Waals surface area contributed by atoms with Gasteiger partial charge in [-0.2, -0.15) is 0 Å². The third-order valence-electron chi connectivity index (χ3n) is 4.09. The van der Waals surface area contributed by atoms with Gasteiger partial charge in [-0.1, -0.05) is 19.3 Å². The smallest absolute Gasteiger partial charge is 0.0615 e. The van der Waals surface area contributed by atoms with Crippen LogP contribution in [-0.4, -0.2) is 44.8 Å². The molecule has 3 nitrogen and oxygen atoms in total. The van der Waals surface area contributed by atoms with Crippen LogP contribution in [-0.2, 0) is 4.74 Å². The van der Waals surface area contributed by atoms with Gasteiger partial charge < -0.3 is 15.4 Å². The second kappa shape index (κ2) is 6.58. The molecular formula is C13H28N2O. The monoisotopic (exact) mass is 228 g/mol. The van der Waals surface area contributed by atoms with Crippen molar-refractivity contribution in [1.82, 2.24) is 4.90 Å². The molecule has 0 saturated heterocycles. The summed E-state index contributed by atoms with van der Waals surface area (Å²) >= 11 is 0. The Morgan fingerprint density at radius 3 is 2.44 bits per heavy atom. The second-order valence-corrected chi connectivity index (χ2v) is 5.48. The zero-order valence-electron chi connectivity index (χ0n) is 11.2. The maximum atomic E-state index is 6.00. The van der Waals surface area contributed by atoms with Gasteiger partial charge in [0.15, 0.2) is 0 Å². The first-order chi connectivity index (χ1) is 7.63. The van der Waals surface area contributed by atoms with Crippen molar-refractivity contribution in [2.75, 3.05) is 33.9 Å². The van der Waals surface area contributed by atoms with Crippen LogP contribution in [0, 0.1) is 5.41 Å². The molecule has 96 valence electrons. The molecule has 1 atom stereocenters. The fourth-order valence-electron chi connectivity index (χ4n) is 2.78. The Hall–Kier alpha value is -0.120. The van der Waals surface area contributed by atoms with Crippen LogP contribution in [0.2, 0.25) is 0 Å². The summed E-state index contributed by atoms with van der Waals surface area (Å²) in [5, 5.41) is 0. The van der Waals surface area contributed by atoms with Crippen LogP contribution >= 0.6 is 0 Å². The van der Waals surface area contributed by atoms with E-state index in [0.29, 0.717) is 11.5 Å². The Morgan fingerprint density at radius 2 is 1.94 bits per heavy atom. The minimum atomic E-state index is 0.370. The van der Waals surface area contributed by atoms with Gasteiger partial charge in [-0.3, -0.25) is 0 Å². The highest BCUT2D eigenvalue weighted by Gasteiger charge is 2.32. The molecule has 1 rings (SSSR count). The number of hydrogen-bond donors (Lipinski definition) is 1. The summed E-state index contributed by atoms with van der Waals surface area (Å²) in [7, 11) is 3.96. The Kier molecular flexibility index (Phi) is 5.73. The van der Waals surface area contributed by atoms with E-state index in [1.165, 1.54) is 32.1 Å². The van der Waals surface area contributed by atoms with Crippen molar-refractivity contribution < 1.29 is 4.74 Å². The standard InChI is InChI=1S/C13H28N2O/c1-12(9-16-3)15(2)11-13(10-14)7-5-4-6-8-13/h12H,4-11,14H2,1-3H3. The van der Waals surface area contributed by atoms with Crippen LogP contribution in [0.15, 0.2) is 0 Å². The molecule has 1 saturated carbocycles. The van der Waals surface area contributed by atoms with Gasteiger partial charge >= 0.3 is 0 Å². The maximum Gasteiger partial charge on any atom is 0.0615 e. The Labute approximate surface area is 100 Å². The highest BCUT2D eigenvalue weighted by molar-refractivity contribution is 4.87. The molecule has 0 aromatic heterocycles. The lowest BCUT2D eigenvalue weighted by Crippen LogP contribution is -2.46. The lowest BCUT2D eigenvalue weighted by Gasteiger charge is -2.41. The molecule has 3 heteroatoms. The number of methoxy groups -OCH3 is 1. The third kappa shape index (κ3) is 3.72. The quantitative estimate of drug-likeness (QED) is 0.754. The van der Waals surface area contributed by atoms with Crippen LogP contribution in [0.5, 0.6) is 0 Å². The molecule has 0 aromatic rings. The molecule has 0 amide bonds. The maximum absolute atomic E-state index is 6.00. The predicted molar refractivity (Wildman–Crippen MR) is 68.5 cm³/mol. The first kappa shape index (κ1) is 13.9. The van der Waals surface area contributed by atoms with Gasteiger partial charge in [-0.15, -0.1) is 0 Å². The molecule has 1 unspecified atom stereocenters. The van der Waals surface area contributed by atoms with Crippen LogP contribution < -0.4 is 5.73 Å². The zero-order chi connectivity index (χ0) is 12.0. The highest BCUT2D eigenvalue weighted by atomic mass is 16.5. The summed E-state index contributed by atoms with van der Waals surface area (Å²) in [6.07, 6.45) is 6.69. The summed E-state index contributed by atoms with van der Waals surface area (Å²) in [6.45, 7) is 4.97. The van der Waals surface area contributed by atoms with Gasteiger partial charge in [0.1, 0.15) is 0 Å². The van der Waals surface area contributed by atoms with Crippen LogP contribution in [0.4, 0.5) is 0 Å². The fraction of sp³-hybridized carbons (Fsp3) is 1.00. The van der Waals surface area contributed by atoms with Crippen molar-refractivity contribution in [3.63, 3.8) is 0 Å². The minimum Gasteiger partial charge on any atom is -0.383 e. The molecule has 0 heterocycles. The molecule has 0 aliphatic heterocycles. The Bertz CT molecular complexity index is 190. The molecule has 16 heavy (non-hydrogen) atoms. The SMILES string of the molecule is COCC(C)N(C)CC1(CN)CCCCC1. The average molecular weight is 228 g/mol. The highest BCUT2D eigenvalue weighted by Crippen LogP contribution is 2.36. The summed E-state index contributed by atoms with van der Waals surface area (Å²) in [5.74, 6) is 0. The summed E-state index contributed by atoms with van der Waals surface area (Å²) in [5.41, 5.74) is 6.37. The first-order valence-corrected chi connectivity index (χ1v) is 6.53. The lowest BCUT2D eigenvalue weighted by atomic mass is 9.73. The zero-order valence-corrected chi connectivity index (χ0v) is 11.2. The van der Waals surface area contributed by atoms with E-state index in [1.54, 1.807) is 7.11 Å². The Balaban J connectivity index is 2.48. The van der Waals surface area contributed by atoms with E-state index >= 15 is 0 Å². The van der Waals surface area contributed by atoms with Gasteiger partial charge in [-0.05, 0) is 38.8 Å². The summed E-state index contributed by atoms with van der Waals surface area (Å²) in [6, 6.07) is 0.482. The average Bonchev–Trinajstić information content (AvgIpc) is 2.30. The molecule has 0 spiro atoms. The van der Waals surface area contributed by atoms with E-state index < -0.39 is 0 Å². The number of hydrogen-bond acceptors (Lipinski definition) is 3. The lowest BCUT2D eigenvalue weighted by molar-refractivity contribution is 0.0658. The summed E-state index contributed by atoms with van der Waals surface area (Å²) in [4.78, 5) is 2.40. The minimum absolute atomic E-state index is 0.370. The largest absolute Gasteiger partial charge is 0.383 e. The van der Waals surface area contributed by atoms with Crippen molar-refractivity contribution in [3.05, 3.63) is 0 Å². The molecule has 0 aromatic carbocycles. The van der Waals surface area contributed by atoms with Crippen molar-refractivity contribution in [2.45, 2.75) is 45.1 Å². The van der Waals surface area contributed by atoms with Gasteiger partial charge in [0, 0.05) is 19.7 Å². The van der Waals surface area contributed by atoms with Crippen molar-refractivity contribution in [2.24, 2.45) is 11.1 Å². The molecule has 1 aliphatic rings. The van der Waals surface area contributed by atoms with E-state index in [4.69, 9.17) is 10.5 Å². The second-order valence-electron chi connectivity index (χ2n) is 5.48. The van der Waals surface area contributed by atoms with Crippen LogP contribution in [0.3, 0.4) is 0 Å². The molecule has 0 bridgehead atoms. The number of nitrogens with zero attached hydrogens (tertiary/aromatic N) is 1. The molecule has 1 aliphatic carbocycles. The van der Waals surface area contributed by atoms with E-state index in [2.05, 4.69) is 18.9 Å². The normalized spacial score (nSPS) is 22.3. The van der Waals surface area contributed by atoms with Crippen LogP contribution in [0.1, 0.15) is 39.0 Å². The number of likely N-dealkylation sites (N-methyl/N-ethyl adjacent to an activating group) is 1. The van der Waals surface area contributed by atoms with E-state index in [1.807, 2.05) is 0 Å². The van der Waals surface area contributed by atoms with E-state index in [9.17, 15) is 0 Å². The van der Waals surface area contributed by atoms with Crippen molar-refractivity contribution in [1.29, 1.82) is 0 Å². The van der Waals surface area contributed by atoms with Crippen LogP contribution in [0.25, 0.3) is 0 Å². The topological polar surface area (TPSA) is 38.5 Å². The van der Waals surface area contributed by atoms with Crippen molar-refractivity contribution >= 4 is 0 Å². The number of ether oxygens (including phenoxy) is 1.